The Labute approximate surface area is 115 Å². The van der Waals surface area contributed by atoms with Gasteiger partial charge >= 0.3 is 0 Å². The number of benzene rings is 1. The van der Waals surface area contributed by atoms with Gasteiger partial charge in [0, 0.05) is 25.9 Å². The second-order valence-electron chi connectivity index (χ2n) is 4.64. The summed E-state index contributed by atoms with van der Waals surface area (Å²) in [5.74, 6) is 0.724. The van der Waals surface area contributed by atoms with Crippen LogP contribution < -0.4 is 10.6 Å². The fraction of sp³-hybridized carbons (Fsp3) is 0.462. The van der Waals surface area contributed by atoms with Gasteiger partial charge in [0.15, 0.2) is 15.8 Å². The van der Waals surface area contributed by atoms with Crippen molar-refractivity contribution < 1.29 is 8.42 Å². The van der Waals surface area contributed by atoms with Gasteiger partial charge in [0.25, 0.3) is 0 Å². The van der Waals surface area contributed by atoms with Gasteiger partial charge < -0.3 is 10.6 Å². The highest BCUT2D eigenvalue weighted by Gasteiger charge is 2.06. The third kappa shape index (κ3) is 5.30. The number of hydrogen-bond acceptors (Lipinski definition) is 3. The van der Waals surface area contributed by atoms with E-state index in [1.807, 2.05) is 13.8 Å². The average molecular weight is 283 g/mol. The second-order valence-corrected chi connectivity index (χ2v) is 6.66. The normalized spacial score (nSPS) is 12.6. The van der Waals surface area contributed by atoms with Gasteiger partial charge in [-0.2, -0.15) is 0 Å². The molecule has 0 radical (unpaired) electrons. The van der Waals surface area contributed by atoms with Crippen molar-refractivity contribution in [2.75, 3.05) is 13.3 Å². The smallest absolute Gasteiger partial charge is 0.191 e. The number of guanidine groups is 1. The zero-order chi connectivity index (χ0) is 14.5. The summed E-state index contributed by atoms with van der Waals surface area (Å²) >= 11 is 0. The highest BCUT2D eigenvalue weighted by atomic mass is 32.2. The minimum Gasteiger partial charge on any atom is -0.354 e. The molecule has 19 heavy (non-hydrogen) atoms. The Balaban J connectivity index is 2.64. The molecule has 0 aromatic heterocycles. The molecule has 0 heterocycles. The van der Waals surface area contributed by atoms with Crippen molar-refractivity contribution in [3.05, 3.63) is 29.8 Å². The van der Waals surface area contributed by atoms with Crippen LogP contribution in [0.1, 0.15) is 19.4 Å². The molecule has 1 aromatic rings. The van der Waals surface area contributed by atoms with Crippen molar-refractivity contribution in [1.29, 1.82) is 0 Å². The molecule has 1 aromatic carbocycles. The van der Waals surface area contributed by atoms with Gasteiger partial charge in [-0.05, 0) is 31.5 Å². The lowest BCUT2D eigenvalue weighted by molar-refractivity contribution is 0.602. The van der Waals surface area contributed by atoms with E-state index in [-0.39, 0.29) is 0 Å². The second kappa shape index (κ2) is 6.56. The Kier molecular flexibility index (Phi) is 5.35. The van der Waals surface area contributed by atoms with Crippen molar-refractivity contribution >= 4 is 15.8 Å². The van der Waals surface area contributed by atoms with Crippen LogP contribution in [-0.2, 0) is 16.4 Å². The van der Waals surface area contributed by atoms with Gasteiger partial charge in [-0.15, -0.1) is 0 Å². The summed E-state index contributed by atoms with van der Waals surface area (Å²) in [5, 5.41) is 6.34. The standard InChI is InChI=1S/C13H21N3O2S/c1-10(2)16-13(14-3)15-9-11-5-7-12(8-6-11)19(4,17)18/h5-8,10H,9H2,1-4H3,(H2,14,15,16). The maximum atomic E-state index is 11.3. The Morgan fingerprint density at radius 2 is 1.84 bits per heavy atom. The van der Waals surface area contributed by atoms with Crippen LogP contribution in [0.4, 0.5) is 0 Å². The van der Waals surface area contributed by atoms with Gasteiger partial charge in [0.05, 0.1) is 4.90 Å². The van der Waals surface area contributed by atoms with Gasteiger partial charge in [0.1, 0.15) is 0 Å². The zero-order valence-corrected chi connectivity index (χ0v) is 12.6. The van der Waals surface area contributed by atoms with E-state index in [0.717, 1.165) is 11.5 Å². The fourth-order valence-electron chi connectivity index (χ4n) is 1.51. The summed E-state index contributed by atoms with van der Waals surface area (Å²) in [4.78, 5) is 4.43. The number of nitrogens with one attached hydrogen (secondary N) is 2. The van der Waals surface area contributed by atoms with E-state index in [9.17, 15) is 8.42 Å². The van der Waals surface area contributed by atoms with E-state index in [4.69, 9.17) is 0 Å². The van der Waals surface area contributed by atoms with E-state index >= 15 is 0 Å². The Bertz CT molecular complexity index is 534. The molecule has 0 atom stereocenters. The van der Waals surface area contributed by atoms with Gasteiger partial charge in [0.2, 0.25) is 0 Å². The minimum atomic E-state index is -3.13. The molecule has 0 unspecified atom stereocenters. The molecule has 0 saturated carbocycles. The number of hydrogen-bond donors (Lipinski definition) is 2. The lowest BCUT2D eigenvalue weighted by atomic mass is 10.2. The molecule has 2 N–H and O–H groups in total. The molecule has 106 valence electrons. The van der Waals surface area contributed by atoms with E-state index in [0.29, 0.717) is 17.5 Å². The summed E-state index contributed by atoms with van der Waals surface area (Å²) in [6, 6.07) is 7.13. The van der Waals surface area contributed by atoms with Gasteiger partial charge in [-0.1, -0.05) is 12.1 Å². The number of aliphatic imine (C=N–C) groups is 1. The summed E-state index contributed by atoms with van der Waals surface area (Å²) in [6.45, 7) is 4.66. The van der Waals surface area contributed by atoms with E-state index in [2.05, 4.69) is 15.6 Å². The first-order valence-corrected chi connectivity index (χ1v) is 7.98. The zero-order valence-electron chi connectivity index (χ0n) is 11.8. The van der Waals surface area contributed by atoms with Gasteiger partial charge in [-0.3, -0.25) is 4.99 Å². The first kappa shape index (κ1) is 15.5. The van der Waals surface area contributed by atoms with Crippen LogP contribution in [-0.4, -0.2) is 33.7 Å². The van der Waals surface area contributed by atoms with E-state index < -0.39 is 9.84 Å². The monoisotopic (exact) mass is 283 g/mol. The fourth-order valence-corrected chi connectivity index (χ4v) is 2.14. The molecule has 1 rings (SSSR count). The van der Waals surface area contributed by atoms with Crippen molar-refractivity contribution in [3.8, 4) is 0 Å². The first-order valence-electron chi connectivity index (χ1n) is 6.09. The lowest BCUT2D eigenvalue weighted by Gasteiger charge is -2.14. The summed E-state index contributed by atoms with van der Waals surface area (Å²) in [7, 11) is -1.42. The predicted molar refractivity (Wildman–Crippen MR) is 78.0 cm³/mol. The average Bonchev–Trinajstić information content (AvgIpc) is 2.33. The topological polar surface area (TPSA) is 70.6 Å². The van der Waals surface area contributed by atoms with Crippen LogP contribution >= 0.6 is 0 Å². The van der Waals surface area contributed by atoms with Crippen LogP contribution in [0.2, 0.25) is 0 Å². The van der Waals surface area contributed by atoms with Crippen molar-refractivity contribution in [2.45, 2.75) is 31.3 Å². The summed E-state index contributed by atoms with van der Waals surface area (Å²) in [5.41, 5.74) is 0.999. The molecule has 0 fully saturated rings. The maximum Gasteiger partial charge on any atom is 0.191 e. The predicted octanol–water partition coefficient (Wildman–Crippen LogP) is 1.16. The Hall–Kier alpha value is -1.56. The molecular weight excluding hydrogens is 262 g/mol. The molecule has 0 saturated heterocycles. The largest absolute Gasteiger partial charge is 0.354 e. The molecule has 0 amide bonds. The molecule has 0 bridgehead atoms. The molecule has 0 aliphatic rings. The highest BCUT2D eigenvalue weighted by Crippen LogP contribution is 2.10. The molecular formula is C13H21N3O2S. The molecule has 0 aliphatic carbocycles. The Morgan fingerprint density at radius 3 is 2.26 bits per heavy atom. The van der Waals surface area contributed by atoms with Crippen LogP contribution in [0.5, 0.6) is 0 Å². The molecule has 0 aliphatic heterocycles. The SMILES string of the molecule is CN=C(NCc1ccc(S(C)(=O)=O)cc1)NC(C)C. The molecule has 5 nitrogen and oxygen atoms in total. The van der Waals surface area contributed by atoms with Crippen LogP contribution in [0.3, 0.4) is 0 Å². The van der Waals surface area contributed by atoms with Gasteiger partial charge in [-0.25, -0.2) is 8.42 Å². The van der Waals surface area contributed by atoms with Crippen molar-refractivity contribution in [2.24, 2.45) is 4.99 Å². The van der Waals surface area contributed by atoms with Crippen LogP contribution in [0.25, 0.3) is 0 Å². The molecule has 0 spiro atoms. The summed E-state index contributed by atoms with van der Waals surface area (Å²) in [6.07, 6.45) is 1.20. The molecule has 6 heteroatoms. The van der Waals surface area contributed by atoms with Crippen molar-refractivity contribution in [3.63, 3.8) is 0 Å². The van der Waals surface area contributed by atoms with Crippen molar-refractivity contribution in [1.82, 2.24) is 10.6 Å². The third-order valence-electron chi connectivity index (χ3n) is 2.46. The van der Waals surface area contributed by atoms with E-state index in [1.165, 1.54) is 6.26 Å². The summed E-state index contributed by atoms with van der Waals surface area (Å²) < 4.78 is 22.7. The quantitative estimate of drug-likeness (QED) is 0.642. The van der Waals surface area contributed by atoms with E-state index in [1.54, 1.807) is 31.3 Å². The number of rotatable bonds is 4. The maximum absolute atomic E-state index is 11.3. The lowest BCUT2D eigenvalue weighted by Crippen LogP contribution is -2.40. The number of nitrogens with zero attached hydrogens (tertiary/aromatic N) is 1. The first-order chi connectivity index (χ1) is 8.82. The van der Waals surface area contributed by atoms with Crippen LogP contribution in [0, 0.1) is 0 Å². The number of sulfone groups is 1. The Morgan fingerprint density at radius 1 is 1.26 bits per heavy atom. The third-order valence-corrected chi connectivity index (χ3v) is 3.59. The van der Waals surface area contributed by atoms with Crippen LogP contribution in [0.15, 0.2) is 34.2 Å². The highest BCUT2D eigenvalue weighted by molar-refractivity contribution is 7.90. The minimum absolute atomic E-state index is 0.304.